The van der Waals surface area contributed by atoms with Crippen molar-refractivity contribution >= 4 is 12.1 Å². The highest BCUT2D eigenvalue weighted by Gasteiger charge is 2.06. The second kappa shape index (κ2) is 14.5. The van der Waals surface area contributed by atoms with Crippen LogP contribution in [0.2, 0.25) is 0 Å². The predicted molar refractivity (Wildman–Crippen MR) is 140 cm³/mol. The number of hydrogen-bond donors (Lipinski definition) is 1. The van der Waals surface area contributed by atoms with Crippen LogP contribution in [0.5, 0.6) is 17.2 Å². The molecule has 0 unspecified atom stereocenters. The van der Waals surface area contributed by atoms with Crippen LogP contribution in [0.3, 0.4) is 0 Å². The Labute approximate surface area is 207 Å². The molecule has 1 amide bonds. The molecular formula is C29H34N2O4. The minimum absolute atomic E-state index is 0.268. The van der Waals surface area contributed by atoms with E-state index in [0.717, 1.165) is 17.7 Å². The third-order valence-electron chi connectivity index (χ3n) is 5.46. The van der Waals surface area contributed by atoms with Crippen LogP contribution >= 0.6 is 0 Å². The summed E-state index contributed by atoms with van der Waals surface area (Å²) in [5, 5.41) is 4.02. The molecule has 0 aliphatic heterocycles. The number of rotatable bonds is 14. The maximum Gasteiger partial charge on any atom is 0.271 e. The van der Waals surface area contributed by atoms with Crippen LogP contribution in [-0.4, -0.2) is 32.4 Å². The third kappa shape index (κ3) is 8.81. The van der Waals surface area contributed by atoms with Crippen molar-refractivity contribution in [3.63, 3.8) is 0 Å². The number of hydrogen-bond acceptors (Lipinski definition) is 5. The van der Waals surface area contributed by atoms with Crippen molar-refractivity contribution in [2.75, 3.05) is 20.3 Å². The molecule has 0 atom stereocenters. The topological polar surface area (TPSA) is 69.2 Å². The number of benzene rings is 3. The third-order valence-corrected chi connectivity index (χ3v) is 5.46. The van der Waals surface area contributed by atoms with E-state index in [0.29, 0.717) is 30.3 Å². The van der Waals surface area contributed by atoms with Gasteiger partial charge in [-0.05, 0) is 66.4 Å². The molecule has 3 aromatic carbocycles. The van der Waals surface area contributed by atoms with Crippen molar-refractivity contribution < 1.29 is 19.0 Å². The Hall–Kier alpha value is -3.80. The highest BCUT2D eigenvalue weighted by Crippen LogP contribution is 2.27. The van der Waals surface area contributed by atoms with Crippen LogP contribution in [-0.2, 0) is 6.42 Å². The van der Waals surface area contributed by atoms with Crippen LogP contribution in [0.4, 0.5) is 0 Å². The van der Waals surface area contributed by atoms with Crippen molar-refractivity contribution in [3.05, 3.63) is 89.5 Å². The Morgan fingerprint density at radius 1 is 0.886 bits per heavy atom. The Balaban J connectivity index is 1.43. The van der Waals surface area contributed by atoms with Gasteiger partial charge in [0.25, 0.3) is 5.91 Å². The maximum absolute atomic E-state index is 12.1. The second-order valence-corrected chi connectivity index (χ2v) is 8.13. The molecule has 1 N–H and O–H groups in total. The first-order chi connectivity index (χ1) is 17.2. The van der Waals surface area contributed by atoms with Crippen molar-refractivity contribution in [2.45, 2.75) is 39.0 Å². The van der Waals surface area contributed by atoms with Crippen molar-refractivity contribution in [3.8, 4) is 17.2 Å². The zero-order valence-corrected chi connectivity index (χ0v) is 20.5. The fourth-order valence-corrected chi connectivity index (χ4v) is 3.52. The van der Waals surface area contributed by atoms with Gasteiger partial charge in [-0.3, -0.25) is 4.79 Å². The lowest BCUT2D eigenvalue weighted by molar-refractivity contribution is 0.0955. The van der Waals surface area contributed by atoms with Crippen LogP contribution in [0, 0.1) is 0 Å². The quantitative estimate of drug-likeness (QED) is 0.176. The summed E-state index contributed by atoms with van der Waals surface area (Å²) in [6.45, 7) is 3.04. The SMILES string of the molecule is CCCCCCc1ccc(OCCOc2ccc(C=NNC(=O)c3ccccc3)cc2OC)cc1. The zero-order valence-electron chi connectivity index (χ0n) is 20.5. The maximum atomic E-state index is 12.1. The summed E-state index contributed by atoms with van der Waals surface area (Å²) in [6, 6.07) is 22.7. The number of nitrogens with one attached hydrogen (secondary N) is 1. The molecule has 0 heterocycles. The van der Waals surface area contributed by atoms with Crippen LogP contribution < -0.4 is 19.6 Å². The fraction of sp³-hybridized carbons (Fsp3) is 0.310. The molecule has 35 heavy (non-hydrogen) atoms. The molecule has 6 nitrogen and oxygen atoms in total. The Morgan fingerprint density at radius 2 is 1.66 bits per heavy atom. The van der Waals surface area contributed by atoms with E-state index in [1.165, 1.54) is 31.2 Å². The summed E-state index contributed by atoms with van der Waals surface area (Å²) in [5.41, 5.74) is 5.18. The van der Waals surface area contributed by atoms with E-state index in [-0.39, 0.29) is 5.91 Å². The van der Waals surface area contributed by atoms with E-state index >= 15 is 0 Å². The Kier molecular flexibility index (Phi) is 10.7. The first kappa shape index (κ1) is 25.8. The van der Waals surface area contributed by atoms with Gasteiger partial charge in [-0.2, -0.15) is 5.10 Å². The molecule has 0 bridgehead atoms. The van der Waals surface area contributed by atoms with E-state index in [1.807, 2.05) is 30.3 Å². The Bertz CT molecular complexity index is 1070. The molecule has 0 aromatic heterocycles. The molecule has 6 heteroatoms. The van der Waals surface area contributed by atoms with Gasteiger partial charge in [0.2, 0.25) is 0 Å². The van der Waals surface area contributed by atoms with Gasteiger partial charge in [0.1, 0.15) is 19.0 Å². The molecule has 3 rings (SSSR count). The smallest absolute Gasteiger partial charge is 0.271 e. The highest BCUT2D eigenvalue weighted by atomic mass is 16.5. The summed E-state index contributed by atoms with van der Waals surface area (Å²) < 4.78 is 17.1. The molecule has 0 saturated heterocycles. The lowest BCUT2D eigenvalue weighted by Gasteiger charge is -2.12. The standard InChI is InChI=1S/C29H34N2O4/c1-3-4-5-7-10-23-13-16-26(17-14-23)34-19-20-35-27-18-15-24(21-28(27)33-2)22-30-31-29(32)25-11-8-6-9-12-25/h6,8-9,11-18,21-22H,3-5,7,10,19-20H2,1-2H3,(H,31,32). The van der Waals surface area contributed by atoms with Gasteiger partial charge in [-0.15, -0.1) is 0 Å². The Morgan fingerprint density at radius 3 is 2.40 bits per heavy atom. The van der Waals surface area contributed by atoms with Crippen molar-refractivity contribution in [2.24, 2.45) is 5.10 Å². The summed E-state index contributed by atoms with van der Waals surface area (Å²) in [4.78, 5) is 12.1. The number of methoxy groups -OCH3 is 1. The van der Waals surface area contributed by atoms with Crippen LogP contribution in [0.15, 0.2) is 77.9 Å². The molecule has 0 aliphatic rings. The van der Waals surface area contributed by atoms with Crippen molar-refractivity contribution in [1.29, 1.82) is 0 Å². The summed E-state index contributed by atoms with van der Waals surface area (Å²) >= 11 is 0. The second-order valence-electron chi connectivity index (χ2n) is 8.13. The lowest BCUT2D eigenvalue weighted by Crippen LogP contribution is -2.17. The molecule has 0 radical (unpaired) electrons. The van der Waals surface area contributed by atoms with Gasteiger partial charge in [-0.1, -0.05) is 56.5 Å². The number of carbonyl (C=O) groups is 1. The van der Waals surface area contributed by atoms with E-state index in [2.05, 4.69) is 29.6 Å². The fourth-order valence-electron chi connectivity index (χ4n) is 3.52. The number of hydrazone groups is 1. The van der Waals surface area contributed by atoms with Gasteiger partial charge < -0.3 is 14.2 Å². The van der Waals surface area contributed by atoms with Gasteiger partial charge in [0.15, 0.2) is 11.5 Å². The molecular weight excluding hydrogens is 440 g/mol. The zero-order chi connectivity index (χ0) is 24.7. The predicted octanol–water partition coefficient (Wildman–Crippen LogP) is 6.04. The average molecular weight is 475 g/mol. The van der Waals surface area contributed by atoms with Gasteiger partial charge in [0, 0.05) is 5.56 Å². The largest absolute Gasteiger partial charge is 0.493 e. The van der Waals surface area contributed by atoms with Crippen LogP contribution in [0.25, 0.3) is 0 Å². The number of amides is 1. The molecule has 0 spiro atoms. The molecule has 3 aromatic rings. The number of nitrogens with zero attached hydrogens (tertiary/aromatic N) is 1. The normalized spacial score (nSPS) is 10.8. The molecule has 184 valence electrons. The van der Waals surface area contributed by atoms with E-state index in [4.69, 9.17) is 14.2 Å². The van der Waals surface area contributed by atoms with E-state index < -0.39 is 0 Å². The molecule has 0 aliphatic carbocycles. The first-order valence-electron chi connectivity index (χ1n) is 12.1. The van der Waals surface area contributed by atoms with Gasteiger partial charge >= 0.3 is 0 Å². The van der Waals surface area contributed by atoms with E-state index in [1.54, 1.807) is 43.7 Å². The number of ether oxygens (including phenoxy) is 3. The summed E-state index contributed by atoms with van der Waals surface area (Å²) in [5.74, 6) is 1.76. The minimum Gasteiger partial charge on any atom is -0.493 e. The lowest BCUT2D eigenvalue weighted by atomic mass is 10.1. The number of unbranched alkanes of at least 4 members (excludes halogenated alkanes) is 3. The minimum atomic E-state index is -0.268. The molecule has 0 saturated carbocycles. The highest BCUT2D eigenvalue weighted by molar-refractivity contribution is 5.94. The van der Waals surface area contributed by atoms with Crippen LogP contribution in [0.1, 0.15) is 54.1 Å². The number of carbonyl (C=O) groups excluding carboxylic acids is 1. The van der Waals surface area contributed by atoms with Gasteiger partial charge in [-0.25, -0.2) is 5.43 Å². The van der Waals surface area contributed by atoms with Crippen molar-refractivity contribution in [1.82, 2.24) is 5.43 Å². The first-order valence-corrected chi connectivity index (χ1v) is 12.1. The summed E-state index contributed by atoms with van der Waals surface area (Å²) in [6.07, 6.45) is 7.75. The summed E-state index contributed by atoms with van der Waals surface area (Å²) in [7, 11) is 1.58. The van der Waals surface area contributed by atoms with E-state index in [9.17, 15) is 4.79 Å². The monoisotopic (exact) mass is 474 g/mol. The molecule has 0 fully saturated rings. The van der Waals surface area contributed by atoms with Gasteiger partial charge in [0.05, 0.1) is 13.3 Å². The average Bonchev–Trinajstić information content (AvgIpc) is 2.90. The number of aryl methyl sites for hydroxylation is 1.